The maximum atomic E-state index is 12.7. The molecule has 2 aliphatic heterocycles. The Labute approximate surface area is 183 Å². The first-order valence-electron chi connectivity index (χ1n) is 10.0. The zero-order valence-electron chi connectivity index (χ0n) is 17.4. The molecule has 11 heteroatoms. The molecule has 0 atom stereocenters. The predicted octanol–water partition coefficient (Wildman–Crippen LogP) is 1.62. The van der Waals surface area contributed by atoms with Crippen LogP contribution in [0.5, 0.6) is 11.5 Å². The highest BCUT2D eigenvalue weighted by Gasteiger charge is 2.33. The van der Waals surface area contributed by atoms with E-state index in [9.17, 15) is 9.59 Å². The molecule has 0 spiro atoms. The lowest BCUT2D eigenvalue weighted by Crippen LogP contribution is -2.47. The van der Waals surface area contributed by atoms with Crippen LogP contribution in [0.4, 0.5) is 10.5 Å². The maximum absolute atomic E-state index is 12.7. The monoisotopic (exact) mass is 438 g/mol. The number of aromatic nitrogens is 1. The lowest BCUT2D eigenvalue weighted by Gasteiger charge is -2.28. The van der Waals surface area contributed by atoms with Gasteiger partial charge in [-0.05, 0) is 30.7 Å². The average Bonchev–Trinajstić information content (AvgIpc) is 3.29. The van der Waals surface area contributed by atoms with Crippen LogP contribution in [-0.2, 0) is 0 Å². The van der Waals surface area contributed by atoms with Crippen molar-refractivity contribution in [1.29, 1.82) is 0 Å². The Morgan fingerprint density at radius 1 is 1.28 bits per heavy atom. The number of aliphatic imine (C=N–C) groups is 2. The van der Waals surface area contributed by atoms with Crippen molar-refractivity contribution in [2.45, 2.75) is 6.42 Å². The van der Waals surface area contributed by atoms with Gasteiger partial charge in [-0.15, -0.1) is 0 Å². The average molecular weight is 438 g/mol. The molecule has 166 valence electrons. The molecular formula is C21H22N6O5. The number of benzene rings is 1. The summed E-state index contributed by atoms with van der Waals surface area (Å²) in [6.07, 6.45) is 2.49. The van der Waals surface area contributed by atoms with Crippen molar-refractivity contribution < 1.29 is 24.2 Å². The summed E-state index contributed by atoms with van der Waals surface area (Å²) in [4.78, 5) is 38.3. The van der Waals surface area contributed by atoms with Gasteiger partial charge in [0.2, 0.25) is 5.96 Å². The second kappa shape index (κ2) is 9.33. The van der Waals surface area contributed by atoms with Crippen LogP contribution in [-0.4, -0.2) is 72.1 Å². The minimum atomic E-state index is -1.08. The van der Waals surface area contributed by atoms with Crippen LogP contribution in [0.2, 0.25) is 0 Å². The van der Waals surface area contributed by atoms with Gasteiger partial charge in [0, 0.05) is 31.0 Å². The molecule has 4 rings (SSSR count). The van der Waals surface area contributed by atoms with Gasteiger partial charge in [0.25, 0.3) is 5.91 Å². The lowest BCUT2D eigenvalue weighted by molar-refractivity contribution is 0.0973. The van der Waals surface area contributed by atoms with E-state index in [0.717, 1.165) is 5.56 Å². The lowest BCUT2D eigenvalue weighted by atomic mass is 10.1. The van der Waals surface area contributed by atoms with E-state index in [2.05, 4.69) is 25.6 Å². The summed E-state index contributed by atoms with van der Waals surface area (Å²) in [5.41, 5.74) is 1.70. The van der Waals surface area contributed by atoms with Crippen LogP contribution >= 0.6 is 0 Å². The second-order valence-electron chi connectivity index (χ2n) is 6.92. The first-order chi connectivity index (χ1) is 15.6. The maximum Gasteiger partial charge on any atom is 0.404 e. The third kappa shape index (κ3) is 4.31. The van der Waals surface area contributed by atoms with Crippen molar-refractivity contribution in [3.63, 3.8) is 0 Å². The molecule has 0 aliphatic carbocycles. The first-order valence-corrected chi connectivity index (χ1v) is 10.0. The fourth-order valence-corrected chi connectivity index (χ4v) is 3.42. The van der Waals surface area contributed by atoms with Crippen LogP contribution in [0.1, 0.15) is 22.3 Å². The van der Waals surface area contributed by atoms with E-state index >= 15 is 0 Å². The smallest absolute Gasteiger partial charge is 0.404 e. The SMILES string of the molecule is COc1c(OCCCNC(=O)O)ccc2c1N=C(NC(=O)c1cccnc1)N1CCN=C21. The third-order valence-electron chi connectivity index (χ3n) is 4.86. The molecule has 0 fully saturated rings. The number of methoxy groups -OCH3 is 1. The number of hydrogen-bond acceptors (Lipinski definition) is 8. The van der Waals surface area contributed by atoms with E-state index < -0.39 is 6.09 Å². The van der Waals surface area contributed by atoms with Gasteiger partial charge in [-0.3, -0.25) is 25.0 Å². The molecule has 0 unspecified atom stereocenters. The number of fused-ring (bicyclic) bond motifs is 3. The molecule has 1 aromatic heterocycles. The van der Waals surface area contributed by atoms with Gasteiger partial charge >= 0.3 is 6.09 Å². The highest BCUT2D eigenvalue weighted by atomic mass is 16.5. The highest BCUT2D eigenvalue weighted by Crippen LogP contribution is 2.43. The summed E-state index contributed by atoms with van der Waals surface area (Å²) in [6.45, 7) is 1.74. The Hall–Kier alpha value is -4.15. The topological polar surface area (TPSA) is 138 Å². The van der Waals surface area contributed by atoms with E-state index in [1.165, 1.54) is 13.3 Å². The molecule has 0 saturated heterocycles. The Morgan fingerprint density at radius 2 is 2.16 bits per heavy atom. The number of amidine groups is 1. The van der Waals surface area contributed by atoms with Crippen molar-refractivity contribution in [2.24, 2.45) is 9.98 Å². The van der Waals surface area contributed by atoms with Crippen LogP contribution in [0, 0.1) is 0 Å². The van der Waals surface area contributed by atoms with Crippen LogP contribution in [0.15, 0.2) is 46.6 Å². The molecule has 11 nitrogen and oxygen atoms in total. The van der Waals surface area contributed by atoms with Crippen molar-refractivity contribution >= 4 is 29.5 Å². The number of carboxylic acid groups (broad SMARTS) is 1. The van der Waals surface area contributed by atoms with Crippen LogP contribution < -0.4 is 20.1 Å². The molecule has 0 saturated carbocycles. The van der Waals surface area contributed by atoms with E-state index in [1.54, 1.807) is 24.4 Å². The van der Waals surface area contributed by atoms with Crippen LogP contribution in [0.25, 0.3) is 0 Å². The van der Waals surface area contributed by atoms with Gasteiger partial charge in [-0.2, -0.15) is 0 Å². The Bertz CT molecular complexity index is 1090. The van der Waals surface area contributed by atoms with E-state index in [0.29, 0.717) is 54.1 Å². The fraction of sp³-hybridized carbons (Fsp3) is 0.286. The van der Waals surface area contributed by atoms with E-state index in [1.807, 2.05) is 11.0 Å². The summed E-state index contributed by atoms with van der Waals surface area (Å²) in [6, 6.07) is 6.98. The number of pyridine rings is 1. The van der Waals surface area contributed by atoms with Gasteiger partial charge in [-0.1, -0.05) is 0 Å². The number of nitrogens with zero attached hydrogens (tertiary/aromatic N) is 4. The van der Waals surface area contributed by atoms with Crippen molar-refractivity contribution in [3.8, 4) is 11.5 Å². The number of hydrogen-bond donors (Lipinski definition) is 3. The largest absolute Gasteiger partial charge is 0.491 e. The summed E-state index contributed by atoms with van der Waals surface area (Å²) in [7, 11) is 1.51. The highest BCUT2D eigenvalue weighted by molar-refractivity contribution is 6.20. The zero-order chi connectivity index (χ0) is 22.5. The van der Waals surface area contributed by atoms with Gasteiger partial charge in [-0.25, -0.2) is 9.79 Å². The van der Waals surface area contributed by atoms with Gasteiger partial charge in [0.1, 0.15) is 11.5 Å². The standard InChI is InChI=1S/C21H22N6O5/c1-31-17-15(32-11-3-8-24-21(29)30)6-5-14-16(17)25-20(27-10-9-23-18(14)27)26-19(28)13-4-2-7-22-12-13/h2,4-7,12,24H,3,8-11H2,1H3,(H,29,30)(H,25,26,28). The molecule has 2 aliphatic rings. The quantitative estimate of drug-likeness (QED) is 0.559. The molecular weight excluding hydrogens is 416 g/mol. The van der Waals surface area contributed by atoms with Gasteiger partial charge in [0.05, 0.1) is 25.8 Å². The van der Waals surface area contributed by atoms with E-state index in [4.69, 9.17) is 14.6 Å². The molecule has 0 bridgehead atoms. The number of amides is 2. The summed E-state index contributed by atoms with van der Waals surface area (Å²) >= 11 is 0. The third-order valence-corrected chi connectivity index (χ3v) is 4.86. The van der Waals surface area contributed by atoms with Crippen LogP contribution in [0.3, 0.4) is 0 Å². The number of ether oxygens (including phenoxy) is 2. The molecule has 2 aromatic rings. The number of rotatable bonds is 7. The molecule has 2 amide bonds. The molecule has 32 heavy (non-hydrogen) atoms. The van der Waals surface area contributed by atoms with Crippen molar-refractivity contribution in [3.05, 3.63) is 47.8 Å². The van der Waals surface area contributed by atoms with Crippen molar-refractivity contribution in [1.82, 2.24) is 20.5 Å². The first kappa shape index (κ1) is 21.1. The summed E-state index contributed by atoms with van der Waals surface area (Å²) < 4.78 is 11.4. The summed E-state index contributed by atoms with van der Waals surface area (Å²) in [5, 5.41) is 13.8. The molecule has 3 heterocycles. The van der Waals surface area contributed by atoms with Crippen molar-refractivity contribution in [2.75, 3.05) is 33.4 Å². The minimum Gasteiger partial charge on any atom is -0.491 e. The number of guanidine groups is 1. The second-order valence-corrected chi connectivity index (χ2v) is 6.92. The molecule has 3 N–H and O–H groups in total. The molecule has 1 aromatic carbocycles. The van der Waals surface area contributed by atoms with Gasteiger partial charge in [0.15, 0.2) is 11.5 Å². The normalized spacial score (nSPS) is 14.0. The predicted molar refractivity (Wildman–Crippen MR) is 116 cm³/mol. The minimum absolute atomic E-state index is 0.275. The number of carbonyl (C=O) groups is 2. The molecule has 0 radical (unpaired) electrons. The zero-order valence-corrected chi connectivity index (χ0v) is 17.4. The number of carbonyl (C=O) groups excluding carboxylic acids is 1. The summed E-state index contributed by atoms with van der Waals surface area (Å²) in [5.74, 6) is 1.60. The fourth-order valence-electron chi connectivity index (χ4n) is 3.42. The Balaban J connectivity index is 1.60. The number of nitrogens with one attached hydrogen (secondary N) is 2. The Kier molecular flexibility index (Phi) is 6.15. The van der Waals surface area contributed by atoms with E-state index in [-0.39, 0.29) is 19.1 Å². The van der Waals surface area contributed by atoms with Gasteiger partial charge < -0.3 is 19.9 Å². The Morgan fingerprint density at radius 3 is 2.91 bits per heavy atom.